The number of aromatic nitrogens is 2. The van der Waals surface area contributed by atoms with Crippen LogP contribution in [-0.2, 0) is 5.41 Å². The van der Waals surface area contributed by atoms with Gasteiger partial charge in [0.15, 0.2) is 5.82 Å². The minimum Gasteiger partial charge on any atom is -0.374 e. The number of anilines is 2. The van der Waals surface area contributed by atoms with Crippen molar-refractivity contribution in [3.63, 3.8) is 0 Å². The van der Waals surface area contributed by atoms with E-state index in [0.717, 1.165) is 5.69 Å². The summed E-state index contributed by atoms with van der Waals surface area (Å²) in [5, 5.41) is 10.8. The number of hydrogen-bond donors (Lipinski definition) is 2. The summed E-state index contributed by atoms with van der Waals surface area (Å²) in [7, 11) is 0. The van der Waals surface area contributed by atoms with Crippen LogP contribution in [0.2, 0.25) is 5.02 Å². The monoisotopic (exact) mass is 398 g/mol. The number of carbonyl (C=O) groups excluding carboxylic acids is 1. The molecule has 6 nitrogen and oxygen atoms in total. The first kappa shape index (κ1) is 19.9. The maximum absolute atomic E-state index is 12.3. The molecule has 0 fully saturated rings. The molecule has 1 atom stereocenters. The molecule has 0 spiro atoms. The summed E-state index contributed by atoms with van der Waals surface area (Å²) in [5.41, 5.74) is 1.97. The molecule has 0 aliphatic carbocycles. The van der Waals surface area contributed by atoms with Crippen LogP contribution in [0.4, 0.5) is 11.4 Å². The van der Waals surface area contributed by atoms with Crippen LogP contribution in [0.3, 0.4) is 0 Å². The van der Waals surface area contributed by atoms with Gasteiger partial charge in [0.05, 0.1) is 0 Å². The molecule has 1 amide bonds. The van der Waals surface area contributed by atoms with Gasteiger partial charge in [-0.1, -0.05) is 37.5 Å². The van der Waals surface area contributed by atoms with Gasteiger partial charge in [0.2, 0.25) is 5.89 Å². The van der Waals surface area contributed by atoms with Gasteiger partial charge < -0.3 is 15.2 Å². The number of carbonyl (C=O) groups is 1. The van der Waals surface area contributed by atoms with E-state index < -0.39 is 0 Å². The minimum absolute atomic E-state index is 0.141. The van der Waals surface area contributed by atoms with E-state index in [0.29, 0.717) is 28.0 Å². The SMILES string of the molecule is CC(Nc1ccc(NC(=O)c2ccc(Cl)cc2)cc1)c1nc(C(C)(C)C)no1. The van der Waals surface area contributed by atoms with Crippen LogP contribution in [0.1, 0.15) is 55.8 Å². The highest BCUT2D eigenvalue weighted by atomic mass is 35.5. The van der Waals surface area contributed by atoms with Crippen molar-refractivity contribution in [3.8, 4) is 0 Å². The lowest BCUT2D eigenvalue weighted by Gasteiger charge is -2.13. The van der Waals surface area contributed by atoms with E-state index >= 15 is 0 Å². The van der Waals surface area contributed by atoms with Crippen molar-refractivity contribution in [2.45, 2.75) is 39.2 Å². The minimum atomic E-state index is -0.189. The molecule has 0 aliphatic rings. The van der Waals surface area contributed by atoms with Crippen molar-refractivity contribution < 1.29 is 9.32 Å². The fourth-order valence-corrected chi connectivity index (χ4v) is 2.61. The van der Waals surface area contributed by atoms with E-state index in [1.54, 1.807) is 24.3 Å². The van der Waals surface area contributed by atoms with Crippen molar-refractivity contribution in [2.75, 3.05) is 10.6 Å². The van der Waals surface area contributed by atoms with Gasteiger partial charge >= 0.3 is 0 Å². The summed E-state index contributed by atoms with van der Waals surface area (Å²) < 4.78 is 5.37. The highest BCUT2D eigenvalue weighted by Gasteiger charge is 2.23. The second-order valence-electron chi connectivity index (χ2n) is 7.61. The van der Waals surface area contributed by atoms with E-state index in [9.17, 15) is 4.79 Å². The highest BCUT2D eigenvalue weighted by Crippen LogP contribution is 2.24. The lowest BCUT2D eigenvalue weighted by Crippen LogP contribution is -2.14. The van der Waals surface area contributed by atoms with Gasteiger partial charge in [0.1, 0.15) is 6.04 Å². The van der Waals surface area contributed by atoms with Gasteiger partial charge in [-0.05, 0) is 55.5 Å². The molecule has 28 heavy (non-hydrogen) atoms. The summed E-state index contributed by atoms with van der Waals surface area (Å²) in [5.74, 6) is 1.02. The number of nitrogens with one attached hydrogen (secondary N) is 2. The lowest BCUT2D eigenvalue weighted by atomic mass is 9.96. The zero-order valence-corrected chi connectivity index (χ0v) is 17.0. The fraction of sp³-hybridized carbons (Fsp3) is 0.286. The Kier molecular flexibility index (Phi) is 5.70. The Morgan fingerprint density at radius 2 is 1.64 bits per heavy atom. The Balaban J connectivity index is 1.61. The Hall–Kier alpha value is -2.86. The number of hydrogen-bond acceptors (Lipinski definition) is 5. The quantitative estimate of drug-likeness (QED) is 0.597. The van der Waals surface area contributed by atoms with E-state index in [2.05, 4.69) is 20.8 Å². The maximum Gasteiger partial charge on any atom is 0.255 e. The second kappa shape index (κ2) is 8.02. The smallest absolute Gasteiger partial charge is 0.255 e. The molecule has 3 rings (SSSR count). The summed E-state index contributed by atoms with van der Waals surface area (Å²) >= 11 is 5.85. The van der Waals surface area contributed by atoms with Gasteiger partial charge in [-0.3, -0.25) is 4.79 Å². The molecule has 0 radical (unpaired) electrons. The van der Waals surface area contributed by atoms with E-state index in [1.165, 1.54) is 0 Å². The number of amides is 1. The predicted octanol–water partition coefficient (Wildman–Crippen LogP) is 5.45. The molecule has 2 N–H and O–H groups in total. The van der Waals surface area contributed by atoms with E-state index in [1.807, 2.05) is 52.0 Å². The fourth-order valence-electron chi connectivity index (χ4n) is 2.48. The molecule has 7 heteroatoms. The van der Waals surface area contributed by atoms with Crippen LogP contribution in [0.15, 0.2) is 53.1 Å². The van der Waals surface area contributed by atoms with Crippen molar-refractivity contribution in [1.29, 1.82) is 0 Å². The maximum atomic E-state index is 12.3. The van der Waals surface area contributed by atoms with Crippen molar-refractivity contribution in [2.24, 2.45) is 0 Å². The number of rotatable bonds is 5. The lowest BCUT2D eigenvalue weighted by molar-refractivity contribution is 0.102. The van der Waals surface area contributed by atoms with Crippen molar-refractivity contribution >= 4 is 28.9 Å². The van der Waals surface area contributed by atoms with Gasteiger partial charge in [-0.25, -0.2) is 0 Å². The zero-order valence-electron chi connectivity index (χ0n) is 16.3. The largest absolute Gasteiger partial charge is 0.374 e. The van der Waals surface area contributed by atoms with Crippen LogP contribution >= 0.6 is 11.6 Å². The van der Waals surface area contributed by atoms with E-state index in [4.69, 9.17) is 16.1 Å². The molecule has 3 aromatic rings. The van der Waals surface area contributed by atoms with Crippen LogP contribution in [0, 0.1) is 0 Å². The molecule has 146 valence electrons. The third-order valence-corrected chi connectivity index (χ3v) is 4.37. The van der Waals surface area contributed by atoms with Crippen molar-refractivity contribution in [3.05, 3.63) is 70.8 Å². The molecule has 1 heterocycles. The van der Waals surface area contributed by atoms with Crippen LogP contribution < -0.4 is 10.6 Å². The average molecular weight is 399 g/mol. The zero-order chi connectivity index (χ0) is 20.3. The first-order valence-electron chi connectivity index (χ1n) is 9.00. The first-order chi connectivity index (χ1) is 13.2. The normalized spacial score (nSPS) is 12.5. The molecule has 0 saturated heterocycles. The molecular formula is C21H23ClN4O2. The van der Waals surface area contributed by atoms with Gasteiger partial charge in [0, 0.05) is 27.4 Å². The van der Waals surface area contributed by atoms with Crippen LogP contribution in [0.25, 0.3) is 0 Å². The Morgan fingerprint density at radius 3 is 2.21 bits per heavy atom. The van der Waals surface area contributed by atoms with Crippen LogP contribution in [0.5, 0.6) is 0 Å². The van der Waals surface area contributed by atoms with E-state index in [-0.39, 0.29) is 17.4 Å². The molecule has 0 saturated carbocycles. The highest BCUT2D eigenvalue weighted by molar-refractivity contribution is 6.30. The first-order valence-corrected chi connectivity index (χ1v) is 9.38. The second-order valence-corrected chi connectivity index (χ2v) is 8.05. The standard InChI is InChI=1S/C21H23ClN4O2/c1-13(19-25-20(26-28-19)21(2,3)4)23-16-9-11-17(12-10-16)24-18(27)14-5-7-15(22)8-6-14/h5-13,23H,1-4H3,(H,24,27). The van der Waals surface area contributed by atoms with Gasteiger partial charge in [-0.2, -0.15) is 4.98 Å². The number of benzene rings is 2. The van der Waals surface area contributed by atoms with Gasteiger partial charge in [0.25, 0.3) is 5.91 Å². The molecule has 1 unspecified atom stereocenters. The summed E-state index contributed by atoms with van der Waals surface area (Å²) in [6, 6.07) is 14.0. The third-order valence-electron chi connectivity index (χ3n) is 4.12. The Bertz CT molecular complexity index is 944. The molecule has 1 aromatic heterocycles. The summed E-state index contributed by atoms with van der Waals surface area (Å²) in [6.45, 7) is 8.07. The molecular weight excluding hydrogens is 376 g/mol. The molecule has 0 aliphatic heterocycles. The Labute approximate surface area is 169 Å². The Morgan fingerprint density at radius 1 is 1.04 bits per heavy atom. The molecule has 2 aromatic carbocycles. The third kappa shape index (κ3) is 4.89. The number of nitrogens with zero attached hydrogens (tertiary/aromatic N) is 2. The van der Waals surface area contributed by atoms with Gasteiger partial charge in [-0.15, -0.1) is 0 Å². The summed E-state index contributed by atoms with van der Waals surface area (Å²) in [4.78, 5) is 16.7. The topological polar surface area (TPSA) is 80.0 Å². The van der Waals surface area contributed by atoms with Crippen LogP contribution in [-0.4, -0.2) is 16.0 Å². The average Bonchev–Trinajstić information content (AvgIpc) is 3.14. The number of halogens is 1. The predicted molar refractivity (Wildman–Crippen MR) is 111 cm³/mol. The summed E-state index contributed by atoms with van der Waals surface area (Å²) in [6.07, 6.45) is 0. The molecule has 0 bridgehead atoms. The van der Waals surface area contributed by atoms with Crippen molar-refractivity contribution in [1.82, 2.24) is 10.1 Å².